The summed E-state index contributed by atoms with van der Waals surface area (Å²) in [6.45, 7) is 3.83. The molecule has 2 saturated heterocycles. The van der Waals surface area contributed by atoms with Gasteiger partial charge in [0.25, 0.3) is 0 Å². The predicted octanol–water partition coefficient (Wildman–Crippen LogP) is 1.58. The van der Waals surface area contributed by atoms with Crippen molar-refractivity contribution in [2.24, 2.45) is 0 Å². The first-order chi connectivity index (χ1) is 8.18. The minimum atomic E-state index is -0.170. The van der Waals surface area contributed by atoms with Gasteiger partial charge in [0.15, 0.2) is 0 Å². The molecule has 2 bridgehead atoms. The average molecular weight is 297 g/mol. The van der Waals surface area contributed by atoms with Crippen LogP contribution in [0.4, 0.5) is 0 Å². The summed E-state index contributed by atoms with van der Waals surface area (Å²) in [5.41, 5.74) is 1.10. The lowest BCUT2D eigenvalue weighted by atomic mass is 9.89. The smallest absolute Gasteiger partial charge is 0.119 e. The van der Waals surface area contributed by atoms with Gasteiger partial charge in [0.1, 0.15) is 5.60 Å². The predicted molar refractivity (Wildman–Crippen MR) is 71.1 cm³/mol. The summed E-state index contributed by atoms with van der Waals surface area (Å²) in [6, 6.07) is 8.50. The molecular weight excluding hydrogens is 280 g/mol. The fourth-order valence-corrected chi connectivity index (χ4v) is 3.16. The molecule has 2 aliphatic rings. The molecule has 3 nitrogen and oxygen atoms in total. The van der Waals surface area contributed by atoms with Gasteiger partial charge in [0.2, 0.25) is 0 Å². The molecule has 2 fully saturated rings. The first-order valence-corrected chi connectivity index (χ1v) is 6.80. The molecule has 0 saturated carbocycles. The van der Waals surface area contributed by atoms with Gasteiger partial charge >= 0.3 is 0 Å². The van der Waals surface area contributed by atoms with Crippen LogP contribution in [-0.2, 0) is 10.3 Å². The van der Waals surface area contributed by atoms with Crippen LogP contribution in [0.2, 0.25) is 0 Å². The van der Waals surface area contributed by atoms with Crippen LogP contribution in [0.5, 0.6) is 0 Å². The van der Waals surface area contributed by atoms with Crippen LogP contribution in [0.3, 0.4) is 0 Å². The van der Waals surface area contributed by atoms with Gasteiger partial charge in [-0.15, -0.1) is 0 Å². The number of likely N-dealkylation sites (N-methyl/N-ethyl adjacent to an activating group) is 1. The Morgan fingerprint density at radius 1 is 1.41 bits per heavy atom. The Bertz CT molecular complexity index is 404. The Hall–Kier alpha value is -0.420. The summed E-state index contributed by atoms with van der Waals surface area (Å²) >= 11 is 3.48. The number of benzene rings is 1. The lowest BCUT2D eigenvalue weighted by molar-refractivity contribution is -0.173. The largest absolute Gasteiger partial charge is 0.362 e. The molecule has 2 aliphatic heterocycles. The zero-order valence-electron chi connectivity index (χ0n) is 9.95. The lowest BCUT2D eigenvalue weighted by Crippen LogP contribution is -2.63. The molecule has 92 valence electrons. The molecule has 0 amide bonds. The van der Waals surface area contributed by atoms with E-state index in [-0.39, 0.29) is 5.60 Å². The molecule has 4 heteroatoms. The first kappa shape index (κ1) is 11.7. The van der Waals surface area contributed by atoms with Gasteiger partial charge in [-0.2, -0.15) is 0 Å². The van der Waals surface area contributed by atoms with Crippen LogP contribution >= 0.6 is 15.9 Å². The molecule has 0 radical (unpaired) electrons. The van der Waals surface area contributed by atoms with Crippen molar-refractivity contribution < 1.29 is 4.74 Å². The molecule has 2 unspecified atom stereocenters. The maximum Gasteiger partial charge on any atom is 0.119 e. The van der Waals surface area contributed by atoms with E-state index in [1.165, 1.54) is 5.56 Å². The molecule has 2 heterocycles. The Morgan fingerprint density at radius 2 is 2.18 bits per heavy atom. The van der Waals surface area contributed by atoms with Crippen LogP contribution in [0.1, 0.15) is 5.56 Å². The number of fused-ring (bicyclic) bond motifs is 2. The molecule has 0 aromatic heterocycles. The highest BCUT2D eigenvalue weighted by atomic mass is 79.9. The normalized spacial score (nSPS) is 33.6. The third-order valence-corrected chi connectivity index (χ3v) is 4.11. The summed E-state index contributed by atoms with van der Waals surface area (Å²) < 4.78 is 7.40. The SMILES string of the molecule is CN1CC2CNCC(c3ccc(Br)cc3)(C1)O2. The highest BCUT2D eigenvalue weighted by Crippen LogP contribution is 2.34. The van der Waals surface area contributed by atoms with Gasteiger partial charge < -0.3 is 15.0 Å². The summed E-state index contributed by atoms with van der Waals surface area (Å²) in [4.78, 5) is 2.37. The van der Waals surface area contributed by atoms with E-state index in [4.69, 9.17) is 4.74 Å². The Labute approximate surface area is 110 Å². The van der Waals surface area contributed by atoms with Gasteiger partial charge in [-0.05, 0) is 24.7 Å². The van der Waals surface area contributed by atoms with Crippen molar-refractivity contribution in [1.29, 1.82) is 0 Å². The fraction of sp³-hybridized carbons (Fsp3) is 0.538. The fourth-order valence-electron chi connectivity index (χ4n) is 2.90. The van der Waals surface area contributed by atoms with Crippen molar-refractivity contribution >= 4 is 15.9 Å². The van der Waals surface area contributed by atoms with Gasteiger partial charge in [-0.25, -0.2) is 0 Å². The van der Waals surface area contributed by atoms with Crippen LogP contribution in [0.15, 0.2) is 28.7 Å². The second-order valence-electron chi connectivity index (χ2n) is 5.07. The van der Waals surface area contributed by atoms with E-state index in [0.29, 0.717) is 6.10 Å². The average Bonchev–Trinajstić information content (AvgIpc) is 2.28. The summed E-state index contributed by atoms with van der Waals surface area (Å²) in [7, 11) is 2.18. The monoisotopic (exact) mass is 296 g/mol. The molecular formula is C13H17BrN2O. The molecule has 2 atom stereocenters. The van der Waals surface area contributed by atoms with Crippen molar-refractivity contribution in [3.63, 3.8) is 0 Å². The number of rotatable bonds is 1. The highest BCUT2D eigenvalue weighted by molar-refractivity contribution is 9.10. The third kappa shape index (κ3) is 2.15. The van der Waals surface area contributed by atoms with Crippen molar-refractivity contribution in [2.75, 3.05) is 33.2 Å². The van der Waals surface area contributed by atoms with Crippen LogP contribution in [-0.4, -0.2) is 44.2 Å². The molecule has 1 aromatic rings. The number of morpholine rings is 2. The number of hydrogen-bond acceptors (Lipinski definition) is 3. The minimum Gasteiger partial charge on any atom is -0.362 e. The quantitative estimate of drug-likeness (QED) is 0.852. The molecule has 1 N–H and O–H groups in total. The zero-order chi connectivity index (χ0) is 11.9. The zero-order valence-corrected chi connectivity index (χ0v) is 11.5. The van der Waals surface area contributed by atoms with Crippen LogP contribution in [0.25, 0.3) is 0 Å². The number of nitrogens with zero attached hydrogens (tertiary/aromatic N) is 1. The molecule has 17 heavy (non-hydrogen) atoms. The van der Waals surface area contributed by atoms with E-state index in [9.17, 15) is 0 Å². The Morgan fingerprint density at radius 3 is 2.94 bits per heavy atom. The maximum atomic E-state index is 6.29. The van der Waals surface area contributed by atoms with E-state index in [1.807, 2.05) is 0 Å². The third-order valence-electron chi connectivity index (χ3n) is 3.59. The van der Waals surface area contributed by atoms with Crippen LogP contribution < -0.4 is 5.32 Å². The second-order valence-corrected chi connectivity index (χ2v) is 5.98. The summed E-state index contributed by atoms with van der Waals surface area (Å²) in [5, 5.41) is 3.50. The molecule has 0 aliphatic carbocycles. The first-order valence-electron chi connectivity index (χ1n) is 6.01. The number of nitrogens with one attached hydrogen (secondary N) is 1. The Kier molecular flexibility index (Phi) is 2.99. The van der Waals surface area contributed by atoms with Gasteiger partial charge in [-0.1, -0.05) is 28.1 Å². The van der Waals surface area contributed by atoms with Gasteiger partial charge in [0.05, 0.1) is 6.10 Å². The van der Waals surface area contributed by atoms with Crippen molar-refractivity contribution in [3.05, 3.63) is 34.3 Å². The maximum absolute atomic E-state index is 6.29. The van der Waals surface area contributed by atoms with Gasteiger partial charge in [0, 0.05) is 30.7 Å². The van der Waals surface area contributed by atoms with E-state index in [0.717, 1.165) is 30.7 Å². The van der Waals surface area contributed by atoms with E-state index in [2.05, 4.69) is 57.5 Å². The highest BCUT2D eigenvalue weighted by Gasteiger charge is 2.43. The standard InChI is InChI=1S/C13H17BrN2O/c1-16-7-12-6-15-8-13(9-16,17-12)10-2-4-11(14)5-3-10/h2-5,12,15H,6-9H2,1H3. The van der Waals surface area contributed by atoms with Crippen molar-refractivity contribution in [2.45, 2.75) is 11.7 Å². The molecule has 3 rings (SSSR count). The molecule has 0 spiro atoms. The van der Waals surface area contributed by atoms with E-state index < -0.39 is 0 Å². The van der Waals surface area contributed by atoms with E-state index in [1.54, 1.807) is 0 Å². The topological polar surface area (TPSA) is 24.5 Å². The number of ether oxygens (including phenoxy) is 1. The lowest BCUT2D eigenvalue weighted by Gasteiger charge is -2.49. The second kappa shape index (κ2) is 4.35. The summed E-state index contributed by atoms with van der Waals surface area (Å²) in [5.74, 6) is 0. The number of halogens is 1. The van der Waals surface area contributed by atoms with Gasteiger partial charge in [-0.3, -0.25) is 0 Å². The Balaban J connectivity index is 1.95. The number of hydrogen-bond donors (Lipinski definition) is 1. The van der Waals surface area contributed by atoms with E-state index >= 15 is 0 Å². The van der Waals surface area contributed by atoms with Crippen molar-refractivity contribution in [3.8, 4) is 0 Å². The summed E-state index contributed by atoms with van der Waals surface area (Å²) in [6.07, 6.45) is 0.311. The minimum absolute atomic E-state index is 0.170. The van der Waals surface area contributed by atoms with Crippen LogP contribution in [0, 0.1) is 0 Å². The molecule has 1 aromatic carbocycles. The van der Waals surface area contributed by atoms with Crippen molar-refractivity contribution in [1.82, 2.24) is 10.2 Å².